The van der Waals surface area contributed by atoms with E-state index < -0.39 is 18.2 Å². The van der Waals surface area contributed by atoms with Crippen molar-refractivity contribution in [3.63, 3.8) is 0 Å². The average molecular weight is 463 g/mol. The van der Waals surface area contributed by atoms with Crippen molar-refractivity contribution >= 4 is 18.2 Å². The Bertz CT molecular complexity index is 1170. The van der Waals surface area contributed by atoms with Crippen LogP contribution in [0.3, 0.4) is 0 Å². The van der Waals surface area contributed by atoms with Crippen LogP contribution in [0.2, 0.25) is 0 Å². The molecule has 1 aliphatic rings. The minimum Gasteiger partial charge on any atom is -0.302 e. The van der Waals surface area contributed by atoms with Crippen LogP contribution in [-0.2, 0) is 4.57 Å². The fourth-order valence-corrected chi connectivity index (χ4v) is 8.17. The quantitative estimate of drug-likeness (QED) is 0.421. The van der Waals surface area contributed by atoms with Crippen molar-refractivity contribution in [3.05, 3.63) is 91.8 Å². The number of benzene rings is 2. The first-order chi connectivity index (χ1) is 15.2. The number of carbonyl (C=O) groups excluding carboxylic acids is 2. The molecule has 0 fully saturated rings. The minimum absolute atomic E-state index is 0.115. The molecule has 1 aliphatic carbocycles. The van der Waals surface area contributed by atoms with E-state index in [1.165, 1.54) is 0 Å². The van der Waals surface area contributed by atoms with E-state index in [1.54, 1.807) is 6.08 Å². The highest BCUT2D eigenvalue weighted by molar-refractivity contribution is 7.98. The molecule has 0 amide bonds. The first-order valence-electron chi connectivity index (χ1n) is 11.4. The summed E-state index contributed by atoms with van der Waals surface area (Å²) >= 11 is 0. The van der Waals surface area contributed by atoms with Crippen molar-refractivity contribution < 1.29 is 14.2 Å². The van der Waals surface area contributed by atoms with Crippen LogP contribution in [0, 0.1) is 47.0 Å². The van der Waals surface area contributed by atoms with E-state index in [1.807, 2.05) is 78.8 Å². The Morgan fingerprint density at radius 3 is 1.42 bits per heavy atom. The summed E-state index contributed by atoms with van der Waals surface area (Å²) in [4.78, 5) is 28.4. The van der Waals surface area contributed by atoms with Crippen LogP contribution in [0.5, 0.6) is 0 Å². The van der Waals surface area contributed by atoms with Gasteiger partial charge in [-0.15, -0.1) is 0 Å². The van der Waals surface area contributed by atoms with Gasteiger partial charge in [0.1, 0.15) is 0 Å². The Labute approximate surface area is 198 Å². The zero-order chi connectivity index (χ0) is 24.9. The van der Waals surface area contributed by atoms with Gasteiger partial charge in [-0.25, -0.2) is 0 Å². The normalized spacial score (nSPS) is 15.7. The Balaban J connectivity index is 2.34. The number of hydrogen-bond acceptors (Lipinski definition) is 3. The van der Waals surface area contributed by atoms with Gasteiger partial charge in [0, 0.05) is 16.4 Å². The molecule has 3 rings (SSSR count). The molecule has 0 atom stereocenters. The van der Waals surface area contributed by atoms with E-state index in [0.29, 0.717) is 22.9 Å². The highest BCUT2D eigenvalue weighted by Gasteiger charge is 2.47. The number of hydrogen-bond donors (Lipinski definition) is 0. The third-order valence-electron chi connectivity index (χ3n) is 6.54. The van der Waals surface area contributed by atoms with Gasteiger partial charge >= 0.3 is 0 Å². The summed E-state index contributed by atoms with van der Waals surface area (Å²) in [7, 11) is -4.16. The molecule has 0 saturated heterocycles. The molecule has 33 heavy (non-hydrogen) atoms. The Morgan fingerprint density at radius 1 is 0.727 bits per heavy atom. The summed E-state index contributed by atoms with van der Waals surface area (Å²) in [6.45, 7) is 17.4. The summed E-state index contributed by atoms with van der Waals surface area (Å²) < 4.78 is 15.0. The summed E-state index contributed by atoms with van der Waals surface area (Å²) in [5.41, 5.74) is 5.49. The molecule has 0 unspecified atom stereocenters. The second-order valence-electron chi connectivity index (χ2n) is 10.4. The molecule has 0 heterocycles. The Morgan fingerprint density at radius 2 is 1.09 bits per heavy atom. The second-order valence-corrected chi connectivity index (χ2v) is 12.9. The molecule has 2 aromatic rings. The molecule has 3 nitrogen and oxygen atoms in total. The van der Waals surface area contributed by atoms with Crippen molar-refractivity contribution in [2.75, 3.05) is 0 Å². The van der Waals surface area contributed by atoms with Crippen LogP contribution in [0.1, 0.15) is 81.3 Å². The van der Waals surface area contributed by atoms with Gasteiger partial charge in [-0.1, -0.05) is 67.0 Å². The molecule has 0 aliphatic heterocycles. The van der Waals surface area contributed by atoms with Crippen LogP contribution in [0.4, 0.5) is 0 Å². The van der Waals surface area contributed by atoms with E-state index >= 15 is 0 Å². The minimum atomic E-state index is -4.16. The van der Waals surface area contributed by atoms with E-state index in [9.17, 15) is 14.2 Å². The lowest BCUT2D eigenvalue weighted by atomic mass is 9.82. The van der Waals surface area contributed by atoms with Gasteiger partial charge in [-0.2, -0.15) is 0 Å². The van der Waals surface area contributed by atoms with E-state index in [0.717, 1.165) is 39.0 Å². The molecule has 2 aromatic carbocycles. The highest BCUT2D eigenvalue weighted by Crippen LogP contribution is 2.63. The monoisotopic (exact) mass is 462 g/mol. The number of allylic oxidation sites excluding steroid dienone is 4. The fraction of sp³-hybridized carbons (Fsp3) is 0.379. The lowest BCUT2D eigenvalue weighted by molar-refractivity contribution is 0.103. The zero-order valence-corrected chi connectivity index (χ0v) is 22.2. The molecular weight excluding hydrogens is 427 g/mol. The van der Waals surface area contributed by atoms with Gasteiger partial charge in [0.25, 0.3) is 0 Å². The van der Waals surface area contributed by atoms with Gasteiger partial charge in [-0.3, -0.25) is 9.59 Å². The number of aryl methyl sites for hydroxylation is 6. The molecule has 0 aromatic heterocycles. The molecule has 0 spiro atoms. The molecule has 0 saturated carbocycles. The van der Waals surface area contributed by atoms with Crippen LogP contribution in [-0.4, -0.2) is 11.0 Å². The van der Waals surface area contributed by atoms with Gasteiger partial charge < -0.3 is 4.57 Å². The Kier molecular flexibility index (Phi) is 6.61. The summed E-state index contributed by atoms with van der Waals surface area (Å²) in [6.07, 6.45) is 4.40. The first-order valence-corrected chi connectivity index (χ1v) is 13.1. The summed E-state index contributed by atoms with van der Waals surface area (Å²) in [6, 6.07) is 7.66. The van der Waals surface area contributed by atoms with Gasteiger partial charge in [0.05, 0.1) is 0 Å². The van der Waals surface area contributed by atoms with Crippen LogP contribution < -0.4 is 0 Å². The maximum Gasteiger partial charge on any atom is 0.248 e. The molecular formula is C29H35O3P. The number of rotatable bonds is 5. The third-order valence-corrected chi connectivity index (χ3v) is 9.34. The van der Waals surface area contributed by atoms with Gasteiger partial charge in [0.15, 0.2) is 0 Å². The van der Waals surface area contributed by atoms with Crippen LogP contribution in [0.25, 0.3) is 0 Å². The second kappa shape index (κ2) is 8.69. The van der Waals surface area contributed by atoms with E-state index in [2.05, 4.69) is 13.8 Å². The van der Waals surface area contributed by atoms with Crippen molar-refractivity contribution in [1.29, 1.82) is 0 Å². The van der Waals surface area contributed by atoms with Crippen LogP contribution in [0.15, 0.2) is 47.3 Å². The standard InChI is InChI=1S/C29H35O3P/c1-17-12-19(3)25(20(4)13-17)27(30)33(32,24-10-11-29(8,9)16-23(24)7)28(31)26-21(5)14-18(2)15-22(26)6/h10-15H,16H2,1-9H3. The van der Waals surface area contributed by atoms with Crippen molar-refractivity contribution in [3.8, 4) is 0 Å². The van der Waals surface area contributed by atoms with E-state index in [-0.39, 0.29) is 5.41 Å². The lowest BCUT2D eigenvalue weighted by Crippen LogP contribution is -2.20. The van der Waals surface area contributed by atoms with Crippen molar-refractivity contribution in [2.45, 2.75) is 68.7 Å². The van der Waals surface area contributed by atoms with Crippen molar-refractivity contribution in [1.82, 2.24) is 0 Å². The molecule has 0 radical (unpaired) electrons. The average Bonchev–Trinajstić information content (AvgIpc) is 2.64. The molecule has 174 valence electrons. The first kappa shape index (κ1) is 25.1. The topological polar surface area (TPSA) is 51.2 Å². The van der Waals surface area contributed by atoms with E-state index in [4.69, 9.17) is 0 Å². The maximum absolute atomic E-state index is 15.0. The largest absolute Gasteiger partial charge is 0.302 e. The summed E-state index contributed by atoms with van der Waals surface area (Å²) in [5.74, 6) is 0. The predicted octanol–water partition coefficient (Wildman–Crippen LogP) is 8.14. The van der Waals surface area contributed by atoms with Crippen molar-refractivity contribution in [2.24, 2.45) is 5.41 Å². The smallest absolute Gasteiger partial charge is 0.248 e. The molecule has 4 heteroatoms. The molecule has 0 bridgehead atoms. The fourth-order valence-electron chi connectivity index (χ4n) is 5.31. The lowest BCUT2D eigenvalue weighted by Gasteiger charge is -2.30. The SMILES string of the molecule is CC1=C(P(=O)(C(=O)c2c(C)cc(C)cc2C)C(=O)c2c(C)cc(C)cc2C)C=CC(C)(C)C1. The number of carbonyl (C=O) groups is 2. The van der Waals surface area contributed by atoms with Gasteiger partial charge in [-0.05, 0) is 82.6 Å². The third kappa shape index (κ3) is 4.49. The summed E-state index contributed by atoms with van der Waals surface area (Å²) in [5, 5.41) is 0.399. The molecule has 0 N–H and O–H groups in total. The van der Waals surface area contributed by atoms with Crippen LogP contribution >= 0.6 is 7.14 Å². The highest BCUT2D eigenvalue weighted by atomic mass is 31.2. The Hall–Kier alpha value is -2.51. The maximum atomic E-state index is 15.0. The van der Waals surface area contributed by atoms with Gasteiger partial charge in [0.2, 0.25) is 18.2 Å². The zero-order valence-electron chi connectivity index (χ0n) is 21.3. The predicted molar refractivity (Wildman–Crippen MR) is 138 cm³/mol.